The predicted molar refractivity (Wildman–Crippen MR) is 88.7 cm³/mol. The molecule has 0 aromatic heterocycles. The van der Waals surface area contributed by atoms with E-state index in [1.165, 1.54) is 31.0 Å². The van der Waals surface area contributed by atoms with Crippen LogP contribution in [0.25, 0.3) is 0 Å². The smallest absolute Gasteiger partial charge is 0.159 e. The van der Waals surface area contributed by atoms with Crippen LogP contribution in [0.4, 0.5) is 0 Å². The fourth-order valence-corrected chi connectivity index (χ4v) is 3.76. The van der Waals surface area contributed by atoms with Gasteiger partial charge in [0.1, 0.15) is 23.7 Å². The van der Waals surface area contributed by atoms with Crippen molar-refractivity contribution < 1.29 is 14.9 Å². The van der Waals surface area contributed by atoms with Crippen LogP contribution >= 0.6 is 36.6 Å². The first kappa shape index (κ1) is 19.3. The molecule has 2 saturated heterocycles. The third-order valence-electron chi connectivity index (χ3n) is 4.13. The number of ether oxygens (including phenoxy) is 1. The molecule has 9 heteroatoms. The first-order valence-electron chi connectivity index (χ1n) is 6.84. The van der Waals surface area contributed by atoms with Crippen molar-refractivity contribution in [2.45, 2.75) is 55.1 Å². The van der Waals surface area contributed by atoms with E-state index in [-0.39, 0.29) is 42.4 Å². The molecule has 0 amide bonds. The average Bonchev–Trinajstić information content (AvgIpc) is 2.76. The minimum absolute atomic E-state index is 0. The second-order valence-electron chi connectivity index (χ2n) is 5.38. The molecule has 1 saturated carbocycles. The number of nitrogens with one attached hydrogen (secondary N) is 2. The van der Waals surface area contributed by atoms with Crippen LogP contribution in [0.3, 0.4) is 0 Å². The molecular weight excluding hydrogens is 337 g/mol. The van der Waals surface area contributed by atoms with Crippen LogP contribution in [-0.2, 0) is 4.74 Å². The summed E-state index contributed by atoms with van der Waals surface area (Å²) in [6.45, 7) is 0.589. The van der Waals surface area contributed by atoms with E-state index in [0.717, 1.165) is 5.17 Å². The second kappa shape index (κ2) is 8.19. The summed E-state index contributed by atoms with van der Waals surface area (Å²) in [6, 6.07) is 0.270. The van der Waals surface area contributed by atoms with Crippen LogP contribution in [0.1, 0.15) is 19.3 Å². The summed E-state index contributed by atoms with van der Waals surface area (Å²) in [5.41, 5.74) is -0.176. The number of halogens is 2. The Bertz CT molecular complexity index is 374. The number of hydrogen-bond acceptors (Lipinski definition) is 6. The number of aliphatic hydroxyl groups excluding tert-OH is 2. The Labute approximate surface area is 141 Å². The van der Waals surface area contributed by atoms with Gasteiger partial charge in [-0.3, -0.25) is 4.99 Å². The van der Waals surface area contributed by atoms with Gasteiger partial charge < -0.3 is 25.6 Å². The lowest BCUT2D eigenvalue weighted by Gasteiger charge is -2.40. The molecule has 3 fully saturated rings. The minimum Gasteiger partial charge on any atom is -0.388 e. The number of thioether (sulfide) groups is 1. The molecule has 5 atom stereocenters. The molecule has 124 valence electrons. The van der Waals surface area contributed by atoms with Gasteiger partial charge in [-0.1, -0.05) is 18.2 Å². The molecule has 21 heavy (non-hydrogen) atoms. The van der Waals surface area contributed by atoms with Crippen LogP contribution < -0.4 is 10.6 Å². The number of aliphatic hydroxyl groups is 2. The highest BCUT2D eigenvalue weighted by molar-refractivity contribution is 8.14. The predicted octanol–water partition coefficient (Wildman–Crippen LogP) is 0.110. The van der Waals surface area contributed by atoms with Gasteiger partial charge >= 0.3 is 0 Å². The van der Waals surface area contributed by atoms with Crippen molar-refractivity contribution in [3.63, 3.8) is 0 Å². The van der Waals surface area contributed by atoms with Crippen molar-refractivity contribution in [2.75, 3.05) is 13.6 Å². The molecule has 6 nitrogen and oxygen atoms in total. The lowest BCUT2D eigenvalue weighted by atomic mass is 9.92. The molecule has 2 heterocycles. The maximum absolute atomic E-state index is 10.2. The molecule has 0 aromatic rings. The number of nitrogens with zero attached hydrogens (tertiary/aromatic N) is 1. The quantitative estimate of drug-likeness (QED) is 0.572. The monoisotopic (exact) mass is 359 g/mol. The summed E-state index contributed by atoms with van der Waals surface area (Å²) >= 11 is 1.48. The van der Waals surface area contributed by atoms with E-state index >= 15 is 0 Å². The van der Waals surface area contributed by atoms with Gasteiger partial charge in [0, 0.05) is 19.6 Å². The van der Waals surface area contributed by atoms with Crippen LogP contribution in [0.5, 0.6) is 0 Å². The van der Waals surface area contributed by atoms with Crippen LogP contribution in [0.2, 0.25) is 0 Å². The van der Waals surface area contributed by atoms with Crippen molar-refractivity contribution in [1.29, 1.82) is 0 Å². The first-order chi connectivity index (χ1) is 9.19. The summed E-state index contributed by atoms with van der Waals surface area (Å²) in [5, 5.41) is 27.6. The van der Waals surface area contributed by atoms with Gasteiger partial charge in [-0.2, -0.15) is 0 Å². The molecule has 0 radical (unpaired) electrons. The van der Waals surface area contributed by atoms with Gasteiger partial charge in [-0.25, -0.2) is 0 Å². The molecule has 3 rings (SSSR count). The van der Waals surface area contributed by atoms with Crippen LogP contribution in [0, 0.1) is 0 Å². The molecule has 0 unspecified atom stereocenters. The van der Waals surface area contributed by atoms with Crippen molar-refractivity contribution in [1.82, 2.24) is 10.6 Å². The molecular formula is C12H23Cl2N3O3S. The zero-order chi connectivity index (χ0) is 13.4. The van der Waals surface area contributed by atoms with Gasteiger partial charge in [0.05, 0.1) is 6.04 Å². The molecule has 0 bridgehead atoms. The fraction of sp³-hybridized carbons (Fsp3) is 0.917. The summed E-state index contributed by atoms with van der Waals surface area (Å²) in [6.07, 6.45) is 1.62. The lowest BCUT2D eigenvalue weighted by Crippen LogP contribution is -2.61. The van der Waals surface area contributed by atoms with Gasteiger partial charge in [-0.05, 0) is 12.8 Å². The Kier molecular flexibility index (Phi) is 7.52. The van der Waals surface area contributed by atoms with Crippen molar-refractivity contribution in [3.05, 3.63) is 0 Å². The van der Waals surface area contributed by atoms with Gasteiger partial charge in [0.15, 0.2) is 5.17 Å². The maximum atomic E-state index is 10.2. The molecule has 4 N–H and O–H groups in total. The second-order valence-corrected chi connectivity index (χ2v) is 6.46. The van der Waals surface area contributed by atoms with Gasteiger partial charge in [-0.15, -0.1) is 24.8 Å². The summed E-state index contributed by atoms with van der Waals surface area (Å²) in [5.74, 6) is 0. The molecule has 2 aliphatic heterocycles. The van der Waals surface area contributed by atoms with Crippen LogP contribution in [-0.4, -0.2) is 64.8 Å². The minimum atomic E-state index is -0.863. The molecule has 0 aromatic carbocycles. The Morgan fingerprint density at radius 2 is 2.05 bits per heavy atom. The summed E-state index contributed by atoms with van der Waals surface area (Å²) in [4.78, 5) is 4.07. The highest BCUT2D eigenvalue weighted by atomic mass is 35.5. The normalized spacial score (nSPS) is 40.5. The topological polar surface area (TPSA) is 86.1 Å². The summed E-state index contributed by atoms with van der Waals surface area (Å²) in [7, 11) is 1.70. The number of aliphatic imine (C=N–C) groups is 1. The number of rotatable bonds is 3. The van der Waals surface area contributed by atoms with E-state index in [9.17, 15) is 10.2 Å². The summed E-state index contributed by atoms with van der Waals surface area (Å²) < 4.78 is 5.89. The Morgan fingerprint density at radius 1 is 1.33 bits per heavy atom. The molecule has 0 spiro atoms. The zero-order valence-corrected chi connectivity index (χ0v) is 14.2. The first-order valence-corrected chi connectivity index (χ1v) is 7.72. The average molecular weight is 360 g/mol. The third kappa shape index (κ3) is 3.96. The van der Waals surface area contributed by atoms with Gasteiger partial charge in [0.25, 0.3) is 0 Å². The van der Waals surface area contributed by atoms with Crippen molar-refractivity contribution in [2.24, 2.45) is 4.99 Å². The highest BCUT2D eigenvalue weighted by Gasteiger charge is 2.48. The van der Waals surface area contributed by atoms with E-state index < -0.39 is 12.2 Å². The zero-order valence-electron chi connectivity index (χ0n) is 11.8. The Balaban J connectivity index is 0.00000110. The van der Waals surface area contributed by atoms with E-state index in [4.69, 9.17) is 4.74 Å². The molecule has 1 aliphatic carbocycles. The van der Waals surface area contributed by atoms with Crippen molar-refractivity contribution in [3.8, 4) is 0 Å². The van der Waals surface area contributed by atoms with E-state index in [1.807, 2.05) is 0 Å². The lowest BCUT2D eigenvalue weighted by molar-refractivity contribution is -0.154. The SMILES string of the molecule is CN=C1N[C@@H]2[C@@H](O)[C@H](O)[C@@H](CNC3CCC3)O[C@@H]2S1.Cl.Cl. The Hall–Kier alpha value is 0.240. The number of hydrogen-bond donors (Lipinski definition) is 4. The van der Waals surface area contributed by atoms with E-state index in [0.29, 0.717) is 12.6 Å². The van der Waals surface area contributed by atoms with E-state index in [1.54, 1.807) is 7.05 Å². The largest absolute Gasteiger partial charge is 0.388 e. The van der Waals surface area contributed by atoms with Crippen molar-refractivity contribution >= 4 is 41.7 Å². The highest BCUT2D eigenvalue weighted by Crippen LogP contribution is 2.33. The standard InChI is InChI=1S/C12H21N3O3S.2ClH/c1-13-12-15-8-10(17)9(16)7(18-11(8)19-12)5-14-6-3-2-4-6;;/h6-11,14,16-17H,2-5H2,1H3,(H,13,15);2*1H/t7-,8-,9-,10-,11-;;/m1../s1. The van der Waals surface area contributed by atoms with Crippen LogP contribution in [0.15, 0.2) is 4.99 Å². The number of fused-ring (bicyclic) bond motifs is 1. The third-order valence-corrected chi connectivity index (χ3v) is 5.30. The maximum Gasteiger partial charge on any atom is 0.159 e. The van der Waals surface area contributed by atoms with E-state index in [2.05, 4.69) is 15.6 Å². The van der Waals surface area contributed by atoms with Gasteiger partial charge in [0.2, 0.25) is 0 Å². The number of amidine groups is 1. The fourth-order valence-electron chi connectivity index (χ4n) is 2.65. The molecule has 3 aliphatic rings. The Morgan fingerprint density at radius 3 is 2.62 bits per heavy atom.